The van der Waals surface area contributed by atoms with Gasteiger partial charge in [-0.2, -0.15) is 17.0 Å². The molecule has 2 aliphatic rings. The molecule has 0 aliphatic carbocycles. The zero-order chi connectivity index (χ0) is 11.8. The minimum absolute atomic E-state index is 0.380. The van der Waals surface area contributed by atoms with E-state index in [1.54, 1.807) is 4.31 Å². The molecule has 0 radical (unpaired) electrons. The molecule has 16 heavy (non-hydrogen) atoms. The van der Waals surface area contributed by atoms with Gasteiger partial charge in [0, 0.05) is 32.2 Å². The Balaban J connectivity index is 2.08. The second kappa shape index (κ2) is 4.60. The number of hydrogen-bond acceptors (Lipinski definition) is 3. The Labute approximate surface area is 98.0 Å². The lowest BCUT2D eigenvalue weighted by atomic mass is 10.1. The molecule has 2 atom stereocenters. The van der Waals surface area contributed by atoms with E-state index in [9.17, 15) is 8.42 Å². The number of rotatable bonds is 4. The van der Waals surface area contributed by atoms with Gasteiger partial charge in [-0.05, 0) is 18.9 Å². The van der Waals surface area contributed by atoms with Crippen LogP contribution in [0.5, 0.6) is 0 Å². The Bertz CT molecular complexity index is 328. The Morgan fingerprint density at radius 3 is 2.56 bits per heavy atom. The summed E-state index contributed by atoms with van der Waals surface area (Å²) in [6, 6.07) is 0.380. The van der Waals surface area contributed by atoms with Crippen LogP contribution in [0, 0.1) is 5.92 Å². The van der Waals surface area contributed by atoms with Crippen molar-refractivity contribution in [2.75, 3.05) is 32.7 Å². The summed E-state index contributed by atoms with van der Waals surface area (Å²) < 4.78 is 27.7. The van der Waals surface area contributed by atoms with Gasteiger partial charge in [0.15, 0.2) is 0 Å². The van der Waals surface area contributed by atoms with E-state index in [1.165, 1.54) is 4.31 Å². The van der Waals surface area contributed by atoms with E-state index in [1.807, 2.05) is 13.8 Å². The predicted molar refractivity (Wildman–Crippen MR) is 63.3 cm³/mol. The van der Waals surface area contributed by atoms with Gasteiger partial charge >= 0.3 is 0 Å². The number of hydrogen-bond donors (Lipinski definition) is 1. The molecule has 0 aromatic rings. The first-order chi connectivity index (χ1) is 7.59. The van der Waals surface area contributed by atoms with E-state index in [0.717, 1.165) is 13.0 Å². The summed E-state index contributed by atoms with van der Waals surface area (Å²) in [5.74, 6) is 0.519. The molecule has 0 spiro atoms. The van der Waals surface area contributed by atoms with Crippen LogP contribution >= 0.6 is 0 Å². The minimum Gasteiger partial charge on any atom is -0.312 e. The Kier molecular flexibility index (Phi) is 3.53. The Morgan fingerprint density at radius 2 is 2.00 bits per heavy atom. The maximum atomic E-state index is 12.3. The van der Waals surface area contributed by atoms with Crippen LogP contribution in [0.2, 0.25) is 0 Å². The highest BCUT2D eigenvalue weighted by atomic mass is 32.2. The summed E-state index contributed by atoms with van der Waals surface area (Å²) in [6.45, 7) is 7.25. The van der Waals surface area contributed by atoms with E-state index in [2.05, 4.69) is 5.32 Å². The Morgan fingerprint density at radius 1 is 1.31 bits per heavy atom. The molecule has 0 amide bonds. The Hall–Kier alpha value is -0.170. The third-order valence-corrected chi connectivity index (χ3v) is 5.81. The van der Waals surface area contributed by atoms with Crippen molar-refractivity contribution in [3.05, 3.63) is 0 Å². The molecule has 1 N–H and O–H groups in total. The topological polar surface area (TPSA) is 52.7 Å². The molecule has 94 valence electrons. The largest absolute Gasteiger partial charge is 0.312 e. The van der Waals surface area contributed by atoms with Crippen LogP contribution in [0.3, 0.4) is 0 Å². The van der Waals surface area contributed by atoms with Crippen LogP contribution in [0.15, 0.2) is 0 Å². The third kappa shape index (κ3) is 1.99. The molecule has 2 aliphatic heterocycles. The molecule has 5 nitrogen and oxygen atoms in total. The maximum Gasteiger partial charge on any atom is 0.282 e. The van der Waals surface area contributed by atoms with Gasteiger partial charge in [0.25, 0.3) is 10.2 Å². The average molecular weight is 247 g/mol. The van der Waals surface area contributed by atoms with Crippen LogP contribution in [0.1, 0.15) is 20.3 Å². The van der Waals surface area contributed by atoms with Gasteiger partial charge in [-0.3, -0.25) is 0 Å². The first kappa shape index (κ1) is 12.3. The highest BCUT2D eigenvalue weighted by molar-refractivity contribution is 7.86. The van der Waals surface area contributed by atoms with E-state index in [0.29, 0.717) is 38.1 Å². The fraction of sp³-hybridized carbons (Fsp3) is 1.00. The molecule has 2 rings (SSSR count). The molecule has 0 bridgehead atoms. The molecule has 0 aromatic carbocycles. The van der Waals surface area contributed by atoms with Crippen molar-refractivity contribution in [3.8, 4) is 0 Å². The molecule has 2 saturated heterocycles. The molecule has 0 aromatic heterocycles. The van der Waals surface area contributed by atoms with Crippen LogP contribution in [-0.4, -0.2) is 55.8 Å². The second-order valence-electron chi connectivity index (χ2n) is 4.52. The predicted octanol–water partition coefficient (Wildman–Crippen LogP) is -0.133. The number of fused-ring (bicyclic) bond motifs is 1. The average Bonchev–Trinajstić information content (AvgIpc) is 2.77. The fourth-order valence-corrected chi connectivity index (χ4v) is 4.42. The van der Waals surface area contributed by atoms with Gasteiger partial charge in [-0.1, -0.05) is 13.8 Å². The minimum atomic E-state index is -3.22. The van der Waals surface area contributed by atoms with Crippen molar-refractivity contribution in [1.29, 1.82) is 0 Å². The van der Waals surface area contributed by atoms with Crippen molar-refractivity contribution < 1.29 is 8.42 Å². The van der Waals surface area contributed by atoms with Gasteiger partial charge in [-0.25, -0.2) is 0 Å². The summed E-state index contributed by atoms with van der Waals surface area (Å²) >= 11 is 0. The normalized spacial score (nSPS) is 31.2. The summed E-state index contributed by atoms with van der Waals surface area (Å²) in [7, 11) is -3.22. The van der Waals surface area contributed by atoms with Crippen molar-refractivity contribution in [3.63, 3.8) is 0 Å². The molecule has 2 heterocycles. The standard InChI is InChI=1S/C10H21N3O2S/c1-3-12(4-2)16(14,15)13-7-9-5-6-11-10(9)8-13/h9-11H,3-8H2,1-2H3/t9-,10+/m0/s1. The summed E-state index contributed by atoms with van der Waals surface area (Å²) in [5.41, 5.74) is 0. The van der Waals surface area contributed by atoms with Crippen LogP contribution in [0.25, 0.3) is 0 Å². The SMILES string of the molecule is CCN(CC)S(=O)(=O)N1C[C@@H]2CCN[C@@H]2C1. The molecule has 0 saturated carbocycles. The lowest BCUT2D eigenvalue weighted by molar-refractivity contribution is 0.368. The highest BCUT2D eigenvalue weighted by Gasteiger charge is 2.42. The smallest absolute Gasteiger partial charge is 0.282 e. The zero-order valence-corrected chi connectivity index (χ0v) is 10.8. The quantitative estimate of drug-likeness (QED) is 0.753. The van der Waals surface area contributed by atoms with E-state index in [-0.39, 0.29) is 0 Å². The van der Waals surface area contributed by atoms with Gasteiger partial charge in [-0.15, -0.1) is 0 Å². The van der Waals surface area contributed by atoms with E-state index in [4.69, 9.17) is 0 Å². The van der Waals surface area contributed by atoms with Gasteiger partial charge in [0.1, 0.15) is 0 Å². The monoisotopic (exact) mass is 247 g/mol. The molecule has 2 fully saturated rings. The molecule has 6 heteroatoms. The summed E-state index contributed by atoms with van der Waals surface area (Å²) in [4.78, 5) is 0. The van der Waals surface area contributed by atoms with E-state index < -0.39 is 10.2 Å². The third-order valence-electron chi connectivity index (χ3n) is 3.69. The first-order valence-corrected chi connectivity index (χ1v) is 7.47. The van der Waals surface area contributed by atoms with Crippen molar-refractivity contribution in [2.24, 2.45) is 5.92 Å². The molecular formula is C10H21N3O2S. The molecule has 0 unspecified atom stereocenters. The fourth-order valence-electron chi connectivity index (χ4n) is 2.71. The maximum absolute atomic E-state index is 12.3. The number of nitrogens with zero attached hydrogens (tertiary/aromatic N) is 2. The molecular weight excluding hydrogens is 226 g/mol. The zero-order valence-electron chi connectivity index (χ0n) is 10.0. The lowest BCUT2D eigenvalue weighted by Gasteiger charge is -2.25. The van der Waals surface area contributed by atoms with Gasteiger partial charge in [0.05, 0.1) is 0 Å². The second-order valence-corrected chi connectivity index (χ2v) is 6.45. The lowest BCUT2D eigenvalue weighted by Crippen LogP contribution is -2.44. The van der Waals surface area contributed by atoms with Gasteiger partial charge in [0.2, 0.25) is 0 Å². The summed E-state index contributed by atoms with van der Waals surface area (Å²) in [5, 5.41) is 3.37. The van der Waals surface area contributed by atoms with Crippen LogP contribution in [0.4, 0.5) is 0 Å². The van der Waals surface area contributed by atoms with E-state index >= 15 is 0 Å². The van der Waals surface area contributed by atoms with Crippen LogP contribution in [-0.2, 0) is 10.2 Å². The van der Waals surface area contributed by atoms with Crippen molar-refractivity contribution in [2.45, 2.75) is 26.3 Å². The number of nitrogens with one attached hydrogen (secondary N) is 1. The summed E-state index contributed by atoms with van der Waals surface area (Å²) in [6.07, 6.45) is 1.11. The van der Waals surface area contributed by atoms with Gasteiger partial charge < -0.3 is 5.32 Å². The van der Waals surface area contributed by atoms with Crippen LogP contribution < -0.4 is 5.32 Å². The first-order valence-electron chi connectivity index (χ1n) is 6.08. The van der Waals surface area contributed by atoms with Crippen molar-refractivity contribution >= 4 is 10.2 Å². The highest BCUT2D eigenvalue weighted by Crippen LogP contribution is 2.27. The van der Waals surface area contributed by atoms with Crippen molar-refractivity contribution in [1.82, 2.24) is 13.9 Å².